The molecule has 57 heavy (non-hydrogen) atoms. The summed E-state index contributed by atoms with van der Waals surface area (Å²) in [4.78, 5) is 15.7. The second-order valence-electron chi connectivity index (χ2n) is 14.6. The van der Waals surface area contributed by atoms with Gasteiger partial charge in [-0.05, 0) is 106 Å². The second kappa shape index (κ2) is 30.6. The van der Waals surface area contributed by atoms with E-state index < -0.39 is 0 Å². The van der Waals surface area contributed by atoms with Gasteiger partial charge in [-0.1, -0.05) is 201 Å². The largest absolute Gasteiger partial charge is 0.303 e. The SMILES string of the molecule is C=C(C)c1ccc(CCC2C=CC(CC(CCC)C(C)=N/C(=C\C)c3ccccc3CC)=CC2)cc1.C=Cc1cccc(CC=O)c1/C=C\C.CC.CCCCC. The number of rotatable bonds is 18. The summed E-state index contributed by atoms with van der Waals surface area (Å²) < 4.78 is 0. The van der Waals surface area contributed by atoms with E-state index in [1.807, 2.05) is 57.2 Å². The number of nitrogens with zero attached hydrogens (tertiary/aromatic N) is 1. The van der Waals surface area contributed by atoms with Gasteiger partial charge in [0, 0.05) is 23.6 Å². The molecule has 0 amide bonds. The average Bonchev–Trinajstić information content (AvgIpc) is 3.24. The second-order valence-corrected chi connectivity index (χ2v) is 14.6. The maximum atomic E-state index is 10.5. The van der Waals surface area contributed by atoms with Crippen molar-refractivity contribution < 1.29 is 4.79 Å². The van der Waals surface area contributed by atoms with Gasteiger partial charge in [-0.25, -0.2) is 0 Å². The Hall–Kier alpha value is -4.56. The van der Waals surface area contributed by atoms with Crippen LogP contribution in [0.5, 0.6) is 0 Å². The molecule has 0 N–H and O–H groups in total. The van der Waals surface area contributed by atoms with E-state index in [1.165, 1.54) is 72.1 Å². The van der Waals surface area contributed by atoms with Crippen molar-refractivity contribution in [2.24, 2.45) is 16.8 Å². The van der Waals surface area contributed by atoms with E-state index in [0.717, 1.165) is 59.9 Å². The number of hydrogen-bond donors (Lipinski definition) is 0. The van der Waals surface area contributed by atoms with Gasteiger partial charge in [-0.2, -0.15) is 0 Å². The lowest BCUT2D eigenvalue weighted by Gasteiger charge is -2.21. The van der Waals surface area contributed by atoms with Crippen molar-refractivity contribution in [2.45, 2.75) is 140 Å². The van der Waals surface area contributed by atoms with E-state index in [0.29, 0.717) is 18.3 Å². The Labute approximate surface area is 350 Å². The Bertz CT molecular complexity index is 1760. The van der Waals surface area contributed by atoms with E-state index >= 15 is 0 Å². The summed E-state index contributed by atoms with van der Waals surface area (Å²) in [6.45, 7) is 29.1. The highest BCUT2D eigenvalue weighted by atomic mass is 16.1. The fraction of sp³-hybridized carbons (Fsp3) is 0.418. The molecule has 0 bridgehead atoms. The molecule has 3 aromatic rings. The van der Waals surface area contributed by atoms with E-state index in [2.05, 4.69) is 134 Å². The van der Waals surface area contributed by atoms with Crippen LogP contribution in [0.3, 0.4) is 0 Å². The number of benzene rings is 3. The molecule has 2 nitrogen and oxygen atoms in total. The summed E-state index contributed by atoms with van der Waals surface area (Å²) in [6.07, 6.45) is 28.7. The first-order valence-electron chi connectivity index (χ1n) is 21.9. The Morgan fingerprint density at radius 3 is 2.11 bits per heavy atom. The quantitative estimate of drug-likeness (QED) is 0.0936. The fourth-order valence-corrected chi connectivity index (χ4v) is 6.92. The molecule has 0 radical (unpaired) electrons. The first-order valence-corrected chi connectivity index (χ1v) is 21.9. The average molecular weight is 768 g/mol. The number of aryl methyl sites for hydroxylation is 2. The number of aldehydes is 1. The number of unbranched alkanes of at least 4 members (excludes halogenated alkanes) is 2. The van der Waals surface area contributed by atoms with Crippen LogP contribution in [0.25, 0.3) is 23.4 Å². The smallest absolute Gasteiger partial charge is 0.124 e. The van der Waals surface area contributed by atoms with Crippen molar-refractivity contribution in [1.82, 2.24) is 0 Å². The number of hydrogen-bond acceptors (Lipinski definition) is 2. The molecule has 0 aliphatic heterocycles. The molecule has 2 unspecified atom stereocenters. The van der Waals surface area contributed by atoms with Crippen LogP contribution in [0.1, 0.15) is 160 Å². The lowest BCUT2D eigenvalue weighted by Crippen LogP contribution is -2.13. The van der Waals surface area contributed by atoms with Crippen LogP contribution in [0.2, 0.25) is 0 Å². The lowest BCUT2D eigenvalue weighted by atomic mass is 9.85. The summed E-state index contributed by atoms with van der Waals surface area (Å²) in [5.74, 6) is 1.12. The van der Waals surface area contributed by atoms with Crippen molar-refractivity contribution in [2.75, 3.05) is 0 Å². The minimum atomic E-state index is 0.460. The summed E-state index contributed by atoms with van der Waals surface area (Å²) in [6, 6.07) is 23.5. The standard InChI is InChI=1S/C35H45N.C13H14O.C5H12.C2H6/c1-7-12-33(27(6)36-35(9-3)34-14-11-10-13-31(34)8-2)25-30-19-17-28(18-20-30)15-16-29-21-23-32(24-22-29)26(4)5;1-3-6-13-11(4-2)7-5-8-12(13)9-10-14;1-3-5-4-2;1-2/h9-11,13-14,17,19-24,28,33H,4,7-8,12,15-16,18,25H2,1-3,5-6H3;3-8,10H,2,9H2,1H3;3-5H2,1-2H3;1-2H3/b35-9-,36-27?;6-3-;;. The normalized spacial score (nSPS) is 14.2. The van der Waals surface area contributed by atoms with Gasteiger partial charge in [0.25, 0.3) is 0 Å². The highest BCUT2D eigenvalue weighted by Gasteiger charge is 2.17. The van der Waals surface area contributed by atoms with Crippen LogP contribution in [0.4, 0.5) is 0 Å². The van der Waals surface area contributed by atoms with Crippen LogP contribution in [0.15, 0.2) is 121 Å². The molecule has 2 heteroatoms. The van der Waals surface area contributed by atoms with Crippen molar-refractivity contribution in [1.29, 1.82) is 0 Å². The summed E-state index contributed by atoms with van der Waals surface area (Å²) >= 11 is 0. The van der Waals surface area contributed by atoms with Gasteiger partial charge in [0.15, 0.2) is 0 Å². The zero-order chi connectivity index (χ0) is 42.4. The predicted octanol–water partition coefficient (Wildman–Crippen LogP) is 16.4. The highest BCUT2D eigenvalue weighted by Crippen LogP contribution is 2.29. The molecule has 4 rings (SSSR count). The molecule has 1 aliphatic carbocycles. The van der Waals surface area contributed by atoms with Crippen LogP contribution in [-0.4, -0.2) is 12.0 Å². The summed E-state index contributed by atoms with van der Waals surface area (Å²) in [7, 11) is 0. The number of carbonyl (C=O) groups excluding carboxylic acids is 1. The Morgan fingerprint density at radius 1 is 0.895 bits per heavy atom. The van der Waals surface area contributed by atoms with Crippen molar-refractivity contribution in [3.05, 3.63) is 155 Å². The monoisotopic (exact) mass is 768 g/mol. The molecule has 0 spiro atoms. The van der Waals surface area contributed by atoms with Gasteiger partial charge < -0.3 is 4.79 Å². The summed E-state index contributed by atoms with van der Waals surface area (Å²) in [5.41, 5.74) is 13.5. The van der Waals surface area contributed by atoms with E-state index in [1.54, 1.807) is 0 Å². The topological polar surface area (TPSA) is 29.4 Å². The molecule has 0 aromatic heterocycles. The third kappa shape index (κ3) is 18.5. The molecule has 0 saturated carbocycles. The molecule has 0 saturated heterocycles. The Kier molecular flexibility index (Phi) is 27.1. The predicted molar refractivity (Wildman–Crippen MR) is 258 cm³/mol. The fourth-order valence-electron chi connectivity index (χ4n) is 6.92. The van der Waals surface area contributed by atoms with Gasteiger partial charge in [0.05, 0.1) is 5.70 Å². The number of allylic oxidation sites excluding steroid dienone is 7. The van der Waals surface area contributed by atoms with Crippen molar-refractivity contribution in [3.8, 4) is 0 Å². The number of carbonyl (C=O) groups is 1. The van der Waals surface area contributed by atoms with Crippen LogP contribution < -0.4 is 0 Å². The van der Waals surface area contributed by atoms with Gasteiger partial charge in [-0.3, -0.25) is 4.99 Å². The molecular formula is C55H77NO. The first-order chi connectivity index (χ1) is 27.7. The van der Waals surface area contributed by atoms with Crippen LogP contribution in [-0.2, 0) is 24.1 Å². The Morgan fingerprint density at radius 2 is 1.58 bits per heavy atom. The highest BCUT2D eigenvalue weighted by molar-refractivity contribution is 5.90. The van der Waals surface area contributed by atoms with Gasteiger partial charge in [-0.15, -0.1) is 0 Å². The Balaban J connectivity index is 0.000000636. The first kappa shape index (κ1) is 50.5. The van der Waals surface area contributed by atoms with E-state index in [-0.39, 0.29) is 0 Å². The molecule has 2 atom stereocenters. The van der Waals surface area contributed by atoms with Gasteiger partial charge in [0.2, 0.25) is 0 Å². The molecule has 3 aromatic carbocycles. The molecule has 0 fully saturated rings. The zero-order valence-corrected chi connectivity index (χ0v) is 37.7. The molecule has 1 aliphatic rings. The van der Waals surface area contributed by atoms with Gasteiger partial charge >= 0.3 is 0 Å². The maximum Gasteiger partial charge on any atom is 0.124 e. The third-order valence-corrected chi connectivity index (χ3v) is 10.3. The summed E-state index contributed by atoms with van der Waals surface area (Å²) in [5, 5.41) is 0. The molecule has 308 valence electrons. The number of aliphatic imine (C=N–C) groups is 1. The zero-order valence-electron chi connectivity index (χ0n) is 37.7. The maximum absolute atomic E-state index is 10.5. The minimum Gasteiger partial charge on any atom is -0.303 e. The molecular weight excluding hydrogens is 691 g/mol. The lowest BCUT2D eigenvalue weighted by molar-refractivity contribution is -0.107. The van der Waals surface area contributed by atoms with Crippen LogP contribution >= 0.6 is 0 Å². The van der Waals surface area contributed by atoms with E-state index in [4.69, 9.17) is 4.99 Å². The minimum absolute atomic E-state index is 0.460. The van der Waals surface area contributed by atoms with E-state index in [9.17, 15) is 4.79 Å². The van der Waals surface area contributed by atoms with Crippen LogP contribution in [0, 0.1) is 11.8 Å². The van der Waals surface area contributed by atoms with Gasteiger partial charge in [0.1, 0.15) is 6.29 Å². The molecule has 0 heterocycles. The third-order valence-electron chi connectivity index (χ3n) is 10.3. The van der Waals surface area contributed by atoms with Crippen molar-refractivity contribution in [3.63, 3.8) is 0 Å². The van der Waals surface area contributed by atoms with Crippen molar-refractivity contribution >= 4 is 35.4 Å².